The largest absolute Gasteiger partial charge is 0.497 e. The van der Waals surface area contributed by atoms with E-state index in [2.05, 4.69) is 33.6 Å². The Morgan fingerprint density at radius 3 is 2.76 bits per heavy atom. The maximum atomic E-state index is 5.63. The molecule has 21 heavy (non-hydrogen) atoms. The average molecular weight is 273 g/mol. The molecule has 0 spiro atoms. The van der Waals surface area contributed by atoms with Gasteiger partial charge in [0, 0.05) is 18.0 Å². The predicted molar refractivity (Wildman–Crippen MR) is 84.3 cm³/mol. The summed E-state index contributed by atoms with van der Waals surface area (Å²) in [4.78, 5) is 8.72. The minimum atomic E-state index is -0.341. The van der Waals surface area contributed by atoms with Crippen molar-refractivity contribution in [3.05, 3.63) is 72.6 Å². The highest BCUT2D eigenvalue weighted by Crippen LogP contribution is 2.14. The second-order valence-electron chi connectivity index (χ2n) is 4.86. The number of nitrogens with zero attached hydrogens (tertiary/aromatic N) is 2. The molecule has 2 heterocycles. The molecule has 1 aromatic heterocycles. The van der Waals surface area contributed by atoms with Gasteiger partial charge in [-0.1, -0.05) is 42.5 Å². The van der Waals surface area contributed by atoms with Crippen molar-refractivity contribution in [2.45, 2.75) is 0 Å². The molecule has 1 aliphatic rings. The number of fused-ring (bicyclic) bond motifs is 1. The Kier molecular flexibility index (Phi) is 2.90. The van der Waals surface area contributed by atoms with E-state index in [0.29, 0.717) is 5.84 Å². The first-order chi connectivity index (χ1) is 10.4. The molecule has 100 valence electrons. The van der Waals surface area contributed by atoms with Crippen LogP contribution in [0.25, 0.3) is 10.8 Å². The lowest BCUT2D eigenvalue weighted by Crippen LogP contribution is -2.32. The summed E-state index contributed by atoms with van der Waals surface area (Å²) < 4.78 is 5.63. The first-order valence-electron chi connectivity index (χ1n) is 6.79. The van der Waals surface area contributed by atoms with E-state index in [4.69, 9.17) is 4.76 Å². The summed E-state index contributed by atoms with van der Waals surface area (Å²) in [6.07, 6.45) is 3.50. The molecular weight excluding hydrogens is 261 g/mol. The Bertz CT molecular complexity index is 815. The van der Waals surface area contributed by atoms with Crippen LogP contribution in [0.15, 0.2) is 71.9 Å². The molecule has 0 saturated heterocycles. The quantitative estimate of drug-likeness (QED) is 0.725. The van der Waals surface area contributed by atoms with E-state index < -0.39 is 0 Å². The van der Waals surface area contributed by atoms with Crippen molar-refractivity contribution in [3.63, 3.8) is 0 Å². The van der Waals surface area contributed by atoms with Gasteiger partial charge in [-0.05, 0) is 28.4 Å². The van der Waals surface area contributed by atoms with Crippen LogP contribution in [0.5, 0.6) is 0 Å². The standard InChI is InChI=1S/C16H12BN3O/c1-2-8-14-12(5-1)6-3-9-15(14)17-19-16(20-21-17)13-7-4-10-18-11-13/h1-11H,(H,19,20). The molecule has 5 heteroatoms. The van der Waals surface area contributed by atoms with Gasteiger partial charge >= 0.3 is 7.05 Å². The second-order valence-corrected chi connectivity index (χ2v) is 4.86. The summed E-state index contributed by atoms with van der Waals surface area (Å²) in [6, 6.07) is 18.2. The van der Waals surface area contributed by atoms with Crippen molar-refractivity contribution in [2.75, 3.05) is 0 Å². The van der Waals surface area contributed by atoms with Crippen molar-refractivity contribution in [2.24, 2.45) is 4.90 Å². The fraction of sp³-hybridized carbons (Fsp3) is 0. The summed E-state index contributed by atoms with van der Waals surface area (Å²) in [5.74, 6) is 0.709. The maximum absolute atomic E-state index is 5.63. The molecule has 0 aliphatic carbocycles. The summed E-state index contributed by atoms with van der Waals surface area (Å²) in [6.45, 7) is 0. The van der Waals surface area contributed by atoms with Crippen LogP contribution < -0.4 is 10.9 Å². The molecule has 0 unspecified atom stereocenters. The molecule has 2 aromatic carbocycles. The summed E-state index contributed by atoms with van der Waals surface area (Å²) in [5, 5.41) is 2.34. The number of benzene rings is 2. The monoisotopic (exact) mass is 273 g/mol. The highest BCUT2D eigenvalue weighted by Gasteiger charge is 2.28. The molecule has 0 bridgehead atoms. The van der Waals surface area contributed by atoms with E-state index >= 15 is 0 Å². The third-order valence-electron chi connectivity index (χ3n) is 3.54. The molecule has 0 radical (unpaired) electrons. The summed E-state index contributed by atoms with van der Waals surface area (Å²) >= 11 is 0. The van der Waals surface area contributed by atoms with E-state index in [1.54, 1.807) is 12.4 Å². The number of hydroxylamine groups is 1. The zero-order chi connectivity index (χ0) is 14.1. The molecule has 3 aromatic rings. The van der Waals surface area contributed by atoms with Gasteiger partial charge in [-0.2, -0.15) is 0 Å². The van der Waals surface area contributed by atoms with Crippen LogP contribution in [0.4, 0.5) is 0 Å². The fourth-order valence-electron chi connectivity index (χ4n) is 2.52. The highest BCUT2D eigenvalue weighted by atomic mass is 16.6. The van der Waals surface area contributed by atoms with Crippen LogP contribution in [0.1, 0.15) is 5.56 Å². The van der Waals surface area contributed by atoms with E-state index in [9.17, 15) is 0 Å². The smallest absolute Gasteiger partial charge is 0.300 e. The van der Waals surface area contributed by atoms with E-state index in [1.807, 2.05) is 36.4 Å². The van der Waals surface area contributed by atoms with Gasteiger partial charge < -0.3 is 0 Å². The minimum Gasteiger partial charge on any atom is -0.300 e. The van der Waals surface area contributed by atoms with Crippen LogP contribution in [0, 0.1) is 0 Å². The number of aromatic nitrogens is 1. The molecule has 1 aliphatic heterocycles. The zero-order valence-electron chi connectivity index (χ0n) is 11.2. The van der Waals surface area contributed by atoms with Gasteiger partial charge in [-0.3, -0.25) is 20.1 Å². The van der Waals surface area contributed by atoms with Gasteiger partial charge in [0.05, 0.1) is 0 Å². The Morgan fingerprint density at radius 2 is 1.86 bits per heavy atom. The predicted octanol–water partition coefficient (Wildman–Crippen LogP) is 1.91. The molecule has 4 rings (SSSR count). The van der Waals surface area contributed by atoms with Gasteiger partial charge in [0.15, 0.2) is 0 Å². The maximum Gasteiger partial charge on any atom is 0.497 e. The summed E-state index contributed by atoms with van der Waals surface area (Å²) in [7, 11) is -0.341. The molecule has 0 fully saturated rings. The molecule has 0 atom stereocenters. The van der Waals surface area contributed by atoms with Gasteiger partial charge in [0.25, 0.3) is 0 Å². The lowest BCUT2D eigenvalue weighted by Gasteiger charge is -2.06. The third kappa shape index (κ3) is 2.17. The number of pyridine rings is 1. The Hall–Kier alpha value is -2.66. The normalized spacial score (nSPS) is 14.1. The van der Waals surface area contributed by atoms with Crippen LogP contribution >= 0.6 is 0 Å². The Labute approximate surface area is 122 Å². The highest BCUT2D eigenvalue weighted by molar-refractivity contribution is 6.70. The van der Waals surface area contributed by atoms with Gasteiger partial charge in [0.1, 0.15) is 5.84 Å². The average Bonchev–Trinajstić information content (AvgIpc) is 3.05. The minimum absolute atomic E-state index is 0.341. The molecule has 0 saturated carbocycles. The van der Waals surface area contributed by atoms with E-state index in [-0.39, 0.29) is 7.05 Å². The fourth-order valence-corrected chi connectivity index (χ4v) is 2.52. The van der Waals surface area contributed by atoms with Crippen molar-refractivity contribution in [3.8, 4) is 0 Å². The van der Waals surface area contributed by atoms with Gasteiger partial charge in [-0.25, -0.2) is 0 Å². The number of amidine groups is 1. The number of nitrogens with one attached hydrogen (secondary N) is 1. The molecule has 1 N–H and O–H groups in total. The van der Waals surface area contributed by atoms with Crippen LogP contribution in [0.2, 0.25) is 0 Å². The van der Waals surface area contributed by atoms with Crippen molar-refractivity contribution in [1.29, 1.82) is 0 Å². The Balaban J connectivity index is 1.76. The first-order valence-corrected chi connectivity index (χ1v) is 6.79. The first kappa shape index (κ1) is 12.1. The topological polar surface area (TPSA) is 46.5 Å². The van der Waals surface area contributed by atoms with Crippen molar-refractivity contribution < 1.29 is 4.76 Å². The lowest BCUT2D eigenvalue weighted by molar-refractivity contribution is 0.284. The second kappa shape index (κ2) is 5.03. The molecular formula is C16H12BN3O. The lowest BCUT2D eigenvalue weighted by atomic mass is 9.72. The summed E-state index contributed by atoms with van der Waals surface area (Å²) in [5.41, 5.74) is 4.87. The van der Waals surface area contributed by atoms with Crippen LogP contribution in [-0.4, -0.2) is 17.9 Å². The molecule has 4 nitrogen and oxygen atoms in total. The third-order valence-corrected chi connectivity index (χ3v) is 3.54. The number of hydrogen-bond acceptors (Lipinski definition) is 4. The van der Waals surface area contributed by atoms with Crippen LogP contribution in [0.3, 0.4) is 0 Å². The van der Waals surface area contributed by atoms with E-state index in [0.717, 1.165) is 16.4 Å². The number of hydrogen-bond donors (Lipinski definition) is 1. The van der Waals surface area contributed by atoms with Crippen molar-refractivity contribution >= 4 is 29.1 Å². The van der Waals surface area contributed by atoms with Crippen molar-refractivity contribution in [1.82, 2.24) is 10.5 Å². The number of rotatable bonds is 2. The van der Waals surface area contributed by atoms with Gasteiger partial charge in [-0.15, -0.1) is 0 Å². The SMILES string of the molecule is c1cncc(C2=NB(c3cccc4ccccc34)ON2)c1. The van der Waals surface area contributed by atoms with Crippen LogP contribution in [-0.2, 0) is 4.76 Å². The van der Waals surface area contributed by atoms with Gasteiger partial charge in [0.2, 0.25) is 0 Å². The van der Waals surface area contributed by atoms with E-state index in [1.165, 1.54) is 5.39 Å². The zero-order valence-corrected chi connectivity index (χ0v) is 11.2. The molecule has 0 amide bonds. The Morgan fingerprint density at radius 1 is 0.952 bits per heavy atom.